The van der Waals surface area contributed by atoms with Crippen LogP contribution in [-0.2, 0) is 14.3 Å². The van der Waals surface area contributed by atoms with Gasteiger partial charge in [0.25, 0.3) is 0 Å². The quantitative estimate of drug-likeness (QED) is 0.640. The van der Waals surface area contributed by atoms with Gasteiger partial charge in [-0.05, 0) is 24.3 Å². The number of nitrogens with one attached hydrogen (secondary N) is 1. The van der Waals surface area contributed by atoms with Crippen LogP contribution in [0.3, 0.4) is 0 Å². The molecule has 0 spiro atoms. The molecule has 1 amide bonds. The number of hydrogen-bond donors (Lipinski definition) is 2. The molecule has 0 aliphatic carbocycles. The number of carbonyl (C=O) groups excluding carboxylic acids is 2. The Balaban J connectivity index is 4.47. The summed E-state index contributed by atoms with van der Waals surface area (Å²) in [5, 5.41) is 2.67. The van der Waals surface area contributed by atoms with Crippen LogP contribution in [0.25, 0.3) is 0 Å². The summed E-state index contributed by atoms with van der Waals surface area (Å²) in [5.74, 6) is 0.150. The summed E-state index contributed by atoms with van der Waals surface area (Å²) in [7, 11) is 1.31. The summed E-state index contributed by atoms with van der Waals surface area (Å²) in [5.41, 5.74) is 5.82. The molecule has 0 aliphatic rings. The first kappa shape index (κ1) is 17.2. The molecule has 0 aromatic carbocycles. The molecule has 0 aromatic rings. The third-order valence-electron chi connectivity index (χ3n) is 2.97. The van der Waals surface area contributed by atoms with Crippen LogP contribution in [0.1, 0.15) is 26.7 Å². The van der Waals surface area contributed by atoms with Crippen molar-refractivity contribution in [3.63, 3.8) is 0 Å². The van der Waals surface area contributed by atoms with Crippen LogP contribution in [0.2, 0.25) is 0 Å². The Labute approximate surface area is 113 Å². The molecule has 106 valence electrons. The molecule has 6 heteroatoms. The van der Waals surface area contributed by atoms with E-state index in [0.29, 0.717) is 6.42 Å². The van der Waals surface area contributed by atoms with Gasteiger partial charge in [0.15, 0.2) is 0 Å². The minimum atomic E-state index is -0.606. The smallest absolute Gasteiger partial charge is 0.328 e. The van der Waals surface area contributed by atoms with Crippen LogP contribution in [0.4, 0.5) is 0 Å². The maximum atomic E-state index is 11.9. The van der Waals surface area contributed by atoms with Gasteiger partial charge >= 0.3 is 5.97 Å². The van der Waals surface area contributed by atoms with Gasteiger partial charge in [0.05, 0.1) is 13.2 Å². The second kappa shape index (κ2) is 9.22. The van der Waals surface area contributed by atoms with Crippen molar-refractivity contribution in [2.24, 2.45) is 11.7 Å². The third-order valence-corrected chi connectivity index (χ3v) is 3.62. The number of ether oxygens (including phenoxy) is 1. The lowest BCUT2D eigenvalue weighted by Crippen LogP contribution is -2.51. The first-order valence-electron chi connectivity index (χ1n) is 6.10. The normalized spacial score (nSPS) is 15.6. The molecule has 0 radical (unpaired) electrons. The van der Waals surface area contributed by atoms with E-state index in [1.165, 1.54) is 7.11 Å². The number of methoxy groups -OCH3 is 1. The lowest BCUT2D eigenvalue weighted by Gasteiger charge is -2.21. The zero-order chi connectivity index (χ0) is 14.1. The minimum absolute atomic E-state index is 0.0869. The molecule has 5 nitrogen and oxygen atoms in total. The number of esters is 1. The topological polar surface area (TPSA) is 81.4 Å². The summed E-state index contributed by atoms with van der Waals surface area (Å²) < 4.78 is 4.67. The molecule has 0 rings (SSSR count). The molecule has 3 atom stereocenters. The highest BCUT2D eigenvalue weighted by Gasteiger charge is 2.26. The molecule has 0 heterocycles. The number of amides is 1. The van der Waals surface area contributed by atoms with Gasteiger partial charge in [-0.15, -0.1) is 0 Å². The van der Waals surface area contributed by atoms with E-state index in [0.717, 1.165) is 12.2 Å². The van der Waals surface area contributed by atoms with E-state index in [-0.39, 0.29) is 11.8 Å². The lowest BCUT2D eigenvalue weighted by molar-refractivity contribution is -0.145. The number of thioether (sulfide) groups is 1. The average Bonchev–Trinajstić information content (AvgIpc) is 2.40. The van der Waals surface area contributed by atoms with Crippen molar-refractivity contribution in [3.8, 4) is 0 Å². The Morgan fingerprint density at radius 1 is 1.44 bits per heavy atom. The predicted octanol–water partition coefficient (Wildman–Crippen LogP) is 0.771. The molecule has 0 fully saturated rings. The highest BCUT2D eigenvalue weighted by Crippen LogP contribution is 2.07. The van der Waals surface area contributed by atoms with E-state index in [2.05, 4.69) is 10.1 Å². The molecule has 3 N–H and O–H groups in total. The van der Waals surface area contributed by atoms with Crippen LogP contribution in [0.15, 0.2) is 0 Å². The summed E-state index contributed by atoms with van der Waals surface area (Å²) in [4.78, 5) is 23.4. The first-order valence-corrected chi connectivity index (χ1v) is 7.50. The monoisotopic (exact) mass is 276 g/mol. The highest BCUT2D eigenvalue weighted by molar-refractivity contribution is 7.98. The van der Waals surface area contributed by atoms with Gasteiger partial charge in [0.1, 0.15) is 6.04 Å². The number of carbonyl (C=O) groups is 2. The number of hydrogen-bond acceptors (Lipinski definition) is 5. The molecule has 18 heavy (non-hydrogen) atoms. The molecule has 0 aliphatic heterocycles. The van der Waals surface area contributed by atoms with E-state index >= 15 is 0 Å². The van der Waals surface area contributed by atoms with Crippen molar-refractivity contribution < 1.29 is 14.3 Å². The Bertz CT molecular complexity index is 274. The maximum absolute atomic E-state index is 11.9. The van der Waals surface area contributed by atoms with Gasteiger partial charge in [-0.3, -0.25) is 4.79 Å². The zero-order valence-corrected chi connectivity index (χ0v) is 12.4. The Morgan fingerprint density at radius 2 is 2.06 bits per heavy atom. The SMILES string of the molecule is CC[C@H](C)[C@H](N)C(=O)N[C@@H](CCSC)C(=O)OC. The Morgan fingerprint density at radius 3 is 2.50 bits per heavy atom. The van der Waals surface area contributed by atoms with Crippen LogP contribution >= 0.6 is 11.8 Å². The standard InChI is InChI=1S/C12H24N2O3S/c1-5-8(2)10(13)11(15)14-9(6-7-18-4)12(16)17-3/h8-10H,5-7,13H2,1-4H3,(H,14,15)/t8-,9-,10-/m0/s1. The summed E-state index contributed by atoms with van der Waals surface area (Å²) in [6.07, 6.45) is 3.32. The second-order valence-electron chi connectivity index (χ2n) is 4.28. The van der Waals surface area contributed by atoms with Crippen molar-refractivity contribution in [1.82, 2.24) is 5.32 Å². The number of rotatable bonds is 8. The van der Waals surface area contributed by atoms with E-state index in [9.17, 15) is 9.59 Å². The predicted molar refractivity (Wildman–Crippen MR) is 74.4 cm³/mol. The van der Waals surface area contributed by atoms with Crippen molar-refractivity contribution in [3.05, 3.63) is 0 Å². The van der Waals surface area contributed by atoms with E-state index < -0.39 is 18.1 Å². The van der Waals surface area contributed by atoms with Gasteiger partial charge in [0, 0.05) is 0 Å². The van der Waals surface area contributed by atoms with Crippen molar-refractivity contribution in [2.45, 2.75) is 38.8 Å². The van der Waals surface area contributed by atoms with Crippen molar-refractivity contribution in [1.29, 1.82) is 0 Å². The van der Waals surface area contributed by atoms with Crippen molar-refractivity contribution >= 4 is 23.6 Å². The highest BCUT2D eigenvalue weighted by atomic mass is 32.2. The Kier molecular flexibility index (Phi) is 8.83. The van der Waals surface area contributed by atoms with Crippen molar-refractivity contribution in [2.75, 3.05) is 19.1 Å². The van der Waals surface area contributed by atoms with Gasteiger partial charge in [0.2, 0.25) is 5.91 Å². The van der Waals surface area contributed by atoms with Gasteiger partial charge in [-0.25, -0.2) is 4.79 Å². The molecule has 0 aromatic heterocycles. The summed E-state index contributed by atoms with van der Waals surface area (Å²) in [6.45, 7) is 3.89. The van der Waals surface area contributed by atoms with Crippen LogP contribution in [0.5, 0.6) is 0 Å². The fraction of sp³-hybridized carbons (Fsp3) is 0.833. The largest absolute Gasteiger partial charge is 0.467 e. The molecule has 0 saturated heterocycles. The lowest BCUT2D eigenvalue weighted by atomic mass is 9.99. The first-order chi connectivity index (χ1) is 8.47. The maximum Gasteiger partial charge on any atom is 0.328 e. The van der Waals surface area contributed by atoms with E-state index in [1.54, 1.807) is 11.8 Å². The zero-order valence-electron chi connectivity index (χ0n) is 11.6. The molecule has 0 saturated carbocycles. The van der Waals surface area contributed by atoms with Gasteiger partial charge in [-0.2, -0.15) is 11.8 Å². The van der Waals surface area contributed by atoms with E-state index in [1.807, 2.05) is 20.1 Å². The van der Waals surface area contributed by atoms with Crippen LogP contribution in [0, 0.1) is 5.92 Å². The molecular formula is C12H24N2O3S. The van der Waals surface area contributed by atoms with E-state index in [4.69, 9.17) is 5.73 Å². The minimum Gasteiger partial charge on any atom is -0.467 e. The van der Waals surface area contributed by atoms with Crippen LogP contribution < -0.4 is 11.1 Å². The molecule has 0 unspecified atom stereocenters. The average molecular weight is 276 g/mol. The second-order valence-corrected chi connectivity index (χ2v) is 5.26. The fourth-order valence-electron chi connectivity index (χ4n) is 1.41. The fourth-order valence-corrected chi connectivity index (χ4v) is 1.88. The van der Waals surface area contributed by atoms with Gasteiger partial charge < -0.3 is 15.8 Å². The third kappa shape index (κ3) is 5.73. The summed E-state index contributed by atoms with van der Waals surface area (Å²) in [6, 6.07) is -1.19. The Hall–Kier alpha value is -0.750. The number of nitrogens with two attached hydrogens (primary N) is 1. The van der Waals surface area contributed by atoms with Gasteiger partial charge in [-0.1, -0.05) is 20.3 Å². The molecule has 0 bridgehead atoms. The summed E-state index contributed by atoms with van der Waals surface area (Å²) >= 11 is 1.61. The molecular weight excluding hydrogens is 252 g/mol. The van der Waals surface area contributed by atoms with Crippen LogP contribution in [-0.4, -0.2) is 43.1 Å².